The van der Waals surface area contributed by atoms with E-state index in [-0.39, 0.29) is 13.0 Å². The molecular formula is C13H15NO6S. The van der Waals surface area contributed by atoms with Gasteiger partial charge in [-0.15, -0.1) is 0 Å². The minimum absolute atomic E-state index is 0.0546. The predicted molar refractivity (Wildman–Crippen MR) is 73.2 cm³/mol. The van der Waals surface area contributed by atoms with Gasteiger partial charge in [0.1, 0.15) is 6.04 Å². The Hall–Kier alpha value is -1.93. The summed E-state index contributed by atoms with van der Waals surface area (Å²) in [7, 11) is -3.70. The smallest absolute Gasteiger partial charge is 0.326 e. The molecule has 0 spiro atoms. The van der Waals surface area contributed by atoms with Gasteiger partial charge in [-0.1, -0.05) is 18.2 Å². The topological polar surface area (TPSA) is 101 Å². The number of amides is 1. The molecule has 0 bridgehead atoms. The summed E-state index contributed by atoms with van der Waals surface area (Å²) in [5.74, 6) is -1.64. The highest BCUT2D eigenvalue weighted by Gasteiger charge is 2.41. The molecule has 2 atom stereocenters. The van der Waals surface area contributed by atoms with E-state index in [0.29, 0.717) is 5.56 Å². The van der Waals surface area contributed by atoms with Crippen molar-refractivity contribution >= 4 is 22.0 Å². The zero-order chi connectivity index (χ0) is 15.6. The number of hydrogen-bond acceptors (Lipinski definition) is 5. The standard InChI is InChI=1S/C13H15NO6S/c1-21(18,19)20-10-7-11(13(16)17)14(8-10)12(15)9-5-3-2-4-6-9/h2-6,10-11H,7-8H2,1H3,(H,16,17)/t10-,11+/m0/s1. The van der Waals surface area contributed by atoms with Crippen molar-refractivity contribution in [3.63, 3.8) is 0 Å². The van der Waals surface area contributed by atoms with Gasteiger partial charge in [0.15, 0.2) is 0 Å². The third-order valence-corrected chi connectivity index (χ3v) is 3.76. The number of rotatable bonds is 4. The van der Waals surface area contributed by atoms with Crippen molar-refractivity contribution in [1.82, 2.24) is 4.90 Å². The lowest BCUT2D eigenvalue weighted by atomic mass is 10.1. The van der Waals surface area contributed by atoms with E-state index in [1.54, 1.807) is 30.3 Å². The molecular weight excluding hydrogens is 298 g/mol. The van der Waals surface area contributed by atoms with Crippen molar-refractivity contribution in [2.24, 2.45) is 0 Å². The molecule has 1 aliphatic heterocycles. The van der Waals surface area contributed by atoms with Crippen LogP contribution in [0.15, 0.2) is 30.3 Å². The lowest BCUT2D eigenvalue weighted by molar-refractivity contribution is -0.141. The monoisotopic (exact) mass is 313 g/mol. The molecule has 1 saturated heterocycles. The first-order chi connectivity index (χ1) is 9.78. The largest absolute Gasteiger partial charge is 0.480 e. The Labute approximate surface area is 122 Å². The summed E-state index contributed by atoms with van der Waals surface area (Å²) in [6, 6.07) is 7.14. The Morgan fingerprint density at radius 1 is 1.29 bits per heavy atom. The molecule has 1 aliphatic rings. The lowest BCUT2D eigenvalue weighted by Gasteiger charge is -2.21. The van der Waals surface area contributed by atoms with E-state index in [9.17, 15) is 23.1 Å². The van der Waals surface area contributed by atoms with E-state index in [2.05, 4.69) is 0 Å². The molecule has 1 heterocycles. The van der Waals surface area contributed by atoms with Gasteiger partial charge >= 0.3 is 5.97 Å². The van der Waals surface area contributed by atoms with Gasteiger partial charge in [0.05, 0.1) is 12.4 Å². The molecule has 1 N–H and O–H groups in total. The first kappa shape index (κ1) is 15.5. The van der Waals surface area contributed by atoms with Gasteiger partial charge in [-0.2, -0.15) is 8.42 Å². The lowest BCUT2D eigenvalue weighted by Crippen LogP contribution is -2.40. The molecule has 1 amide bonds. The summed E-state index contributed by atoms with van der Waals surface area (Å²) in [4.78, 5) is 24.7. The van der Waals surface area contributed by atoms with Crippen molar-refractivity contribution in [3.05, 3.63) is 35.9 Å². The Morgan fingerprint density at radius 2 is 1.90 bits per heavy atom. The van der Waals surface area contributed by atoms with Crippen LogP contribution in [-0.2, 0) is 19.1 Å². The van der Waals surface area contributed by atoms with Crippen LogP contribution < -0.4 is 0 Å². The predicted octanol–water partition coefficient (Wildman–Crippen LogP) is 0.331. The van der Waals surface area contributed by atoms with Gasteiger partial charge in [0.25, 0.3) is 16.0 Å². The minimum Gasteiger partial charge on any atom is -0.480 e. The number of benzene rings is 1. The van der Waals surface area contributed by atoms with E-state index in [1.165, 1.54) is 0 Å². The quantitative estimate of drug-likeness (QED) is 0.804. The molecule has 7 nitrogen and oxygen atoms in total. The molecule has 21 heavy (non-hydrogen) atoms. The summed E-state index contributed by atoms with van der Waals surface area (Å²) in [5, 5.41) is 9.20. The van der Waals surface area contributed by atoms with Gasteiger partial charge in [0, 0.05) is 18.5 Å². The number of likely N-dealkylation sites (tertiary alicyclic amines) is 1. The molecule has 1 fully saturated rings. The molecule has 0 aromatic heterocycles. The molecule has 0 saturated carbocycles. The first-order valence-electron chi connectivity index (χ1n) is 6.25. The fourth-order valence-corrected chi connectivity index (χ4v) is 2.95. The van der Waals surface area contributed by atoms with Gasteiger partial charge in [-0.05, 0) is 12.1 Å². The second kappa shape index (κ2) is 5.82. The summed E-state index contributed by atoms with van der Waals surface area (Å²) in [6.45, 7) is -0.0717. The number of nitrogens with zero attached hydrogens (tertiary/aromatic N) is 1. The van der Waals surface area contributed by atoms with Crippen LogP contribution in [0.1, 0.15) is 16.8 Å². The molecule has 0 unspecified atom stereocenters. The van der Waals surface area contributed by atoms with Gasteiger partial charge in [-0.25, -0.2) is 4.79 Å². The number of carbonyl (C=O) groups is 2. The molecule has 1 aromatic carbocycles. The van der Waals surface area contributed by atoms with Crippen molar-refractivity contribution < 1.29 is 27.3 Å². The Morgan fingerprint density at radius 3 is 2.43 bits per heavy atom. The number of carboxylic acids is 1. The zero-order valence-electron chi connectivity index (χ0n) is 11.3. The highest BCUT2D eigenvalue weighted by Crippen LogP contribution is 2.24. The maximum atomic E-state index is 12.3. The van der Waals surface area contributed by atoms with E-state index in [0.717, 1.165) is 11.2 Å². The number of hydrogen-bond donors (Lipinski definition) is 1. The average molecular weight is 313 g/mol. The van der Waals surface area contributed by atoms with E-state index < -0.39 is 34.1 Å². The summed E-state index contributed by atoms with van der Waals surface area (Å²) < 4.78 is 27.1. The average Bonchev–Trinajstić information content (AvgIpc) is 2.80. The SMILES string of the molecule is CS(=O)(=O)O[C@H]1C[C@H](C(=O)O)N(C(=O)c2ccccc2)C1. The van der Waals surface area contributed by atoms with Crippen molar-refractivity contribution in [3.8, 4) is 0 Å². The highest BCUT2D eigenvalue weighted by atomic mass is 32.2. The normalized spacial score (nSPS) is 22.2. The minimum atomic E-state index is -3.70. The fraction of sp³-hybridized carbons (Fsp3) is 0.385. The van der Waals surface area contributed by atoms with E-state index in [1.807, 2.05) is 0 Å². The molecule has 1 aromatic rings. The van der Waals surface area contributed by atoms with Gasteiger partial charge < -0.3 is 10.0 Å². The second-order valence-corrected chi connectivity index (χ2v) is 6.44. The molecule has 8 heteroatoms. The van der Waals surface area contributed by atoms with Crippen molar-refractivity contribution in [2.45, 2.75) is 18.6 Å². The number of carboxylic acid groups (broad SMARTS) is 1. The third kappa shape index (κ3) is 3.79. The van der Waals surface area contributed by atoms with Gasteiger partial charge in [0.2, 0.25) is 0 Å². The first-order valence-corrected chi connectivity index (χ1v) is 8.06. The maximum Gasteiger partial charge on any atom is 0.326 e. The number of aliphatic carboxylic acids is 1. The molecule has 0 aliphatic carbocycles. The van der Waals surface area contributed by atoms with Crippen LogP contribution in [-0.4, -0.2) is 55.2 Å². The third-order valence-electron chi connectivity index (χ3n) is 3.14. The van der Waals surface area contributed by atoms with Crippen LogP contribution in [0.3, 0.4) is 0 Å². The van der Waals surface area contributed by atoms with Crippen LogP contribution in [0.2, 0.25) is 0 Å². The summed E-state index contributed by atoms with van der Waals surface area (Å²) >= 11 is 0. The molecule has 0 radical (unpaired) electrons. The zero-order valence-corrected chi connectivity index (χ0v) is 12.1. The van der Waals surface area contributed by atoms with Crippen LogP contribution in [0.4, 0.5) is 0 Å². The van der Waals surface area contributed by atoms with Gasteiger partial charge in [-0.3, -0.25) is 8.98 Å². The van der Waals surface area contributed by atoms with E-state index in [4.69, 9.17) is 4.18 Å². The highest BCUT2D eigenvalue weighted by molar-refractivity contribution is 7.86. The van der Waals surface area contributed by atoms with Crippen LogP contribution in [0.25, 0.3) is 0 Å². The molecule has 114 valence electrons. The summed E-state index contributed by atoms with van der Waals surface area (Å²) in [5.41, 5.74) is 0.351. The Balaban J connectivity index is 2.20. The van der Waals surface area contributed by atoms with Crippen molar-refractivity contribution in [2.75, 3.05) is 12.8 Å². The second-order valence-electron chi connectivity index (χ2n) is 4.84. The van der Waals surface area contributed by atoms with Crippen LogP contribution in [0.5, 0.6) is 0 Å². The Bertz CT molecular complexity index is 642. The maximum absolute atomic E-state index is 12.3. The van der Waals surface area contributed by atoms with E-state index >= 15 is 0 Å². The Kier molecular flexibility index (Phi) is 4.29. The number of carbonyl (C=O) groups excluding carboxylic acids is 1. The summed E-state index contributed by atoms with van der Waals surface area (Å²) in [6.07, 6.45) is -0.000391. The fourth-order valence-electron chi connectivity index (χ4n) is 2.32. The van der Waals surface area contributed by atoms with Crippen LogP contribution in [0, 0.1) is 0 Å². The van der Waals surface area contributed by atoms with Crippen LogP contribution >= 0.6 is 0 Å². The van der Waals surface area contributed by atoms with Crippen molar-refractivity contribution in [1.29, 1.82) is 0 Å². The molecule has 2 rings (SSSR count).